The summed E-state index contributed by atoms with van der Waals surface area (Å²) in [5.74, 6) is -0.540. The van der Waals surface area contributed by atoms with Gasteiger partial charge in [0.15, 0.2) is 0 Å². The minimum Gasteiger partial charge on any atom is -0.480 e. The second-order valence-corrected chi connectivity index (χ2v) is 6.48. The maximum Gasteiger partial charge on any atom is 0.323 e. The topological polar surface area (TPSA) is 66.8 Å². The summed E-state index contributed by atoms with van der Waals surface area (Å²) in [4.78, 5) is 26.2. The van der Waals surface area contributed by atoms with Gasteiger partial charge in [0.25, 0.3) is 5.91 Å². The van der Waals surface area contributed by atoms with E-state index in [4.69, 9.17) is 9.84 Å². The van der Waals surface area contributed by atoms with E-state index in [0.29, 0.717) is 24.6 Å². The van der Waals surface area contributed by atoms with E-state index in [-0.39, 0.29) is 12.5 Å². The molecule has 1 heterocycles. The Labute approximate surface area is 128 Å². The van der Waals surface area contributed by atoms with Gasteiger partial charge in [0.05, 0.1) is 12.2 Å². The Morgan fingerprint density at radius 1 is 1.52 bits per heavy atom. The van der Waals surface area contributed by atoms with Gasteiger partial charge in [0.1, 0.15) is 6.54 Å². The number of fused-ring (bicyclic) bond motifs is 1. The molecule has 1 atom stereocenters. The van der Waals surface area contributed by atoms with Crippen LogP contribution in [-0.2, 0) is 22.4 Å². The molecule has 21 heavy (non-hydrogen) atoms. The van der Waals surface area contributed by atoms with Crippen LogP contribution in [0.5, 0.6) is 0 Å². The molecule has 1 amide bonds. The van der Waals surface area contributed by atoms with Gasteiger partial charge in [0, 0.05) is 23.9 Å². The van der Waals surface area contributed by atoms with Crippen LogP contribution in [0, 0.1) is 5.92 Å². The molecule has 116 valence electrons. The van der Waals surface area contributed by atoms with E-state index in [0.717, 1.165) is 24.8 Å². The van der Waals surface area contributed by atoms with Crippen LogP contribution in [0.2, 0.25) is 0 Å². The number of thiophene rings is 1. The second-order valence-electron chi connectivity index (χ2n) is 5.51. The van der Waals surface area contributed by atoms with E-state index in [1.54, 1.807) is 11.3 Å². The molecule has 1 aromatic rings. The molecule has 1 unspecified atom stereocenters. The van der Waals surface area contributed by atoms with Crippen LogP contribution in [0.4, 0.5) is 0 Å². The van der Waals surface area contributed by atoms with Gasteiger partial charge in [-0.15, -0.1) is 11.3 Å². The molecule has 0 radical (unpaired) electrons. The average Bonchev–Trinajstić information content (AvgIpc) is 2.85. The van der Waals surface area contributed by atoms with E-state index < -0.39 is 5.97 Å². The Kier molecular flexibility index (Phi) is 5.36. The average molecular weight is 311 g/mol. The number of aliphatic carboxylic acids is 1. The molecule has 0 saturated heterocycles. The summed E-state index contributed by atoms with van der Waals surface area (Å²) in [6.07, 6.45) is 3.01. The Hall–Kier alpha value is -1.40. The molecule has 1 aliphatic carbocycles. The second kappa shape index (κ2) is 7.04. The highest BCUT2D eigenvalue weighted by Gasteiger charge is 2.26. The fourth-order valence-electron chi connectivity index (χ4n) is 2.64. The molecule has 0 spiro atoms. The van der Waals surface area contributed by atoms with Crippen molar-refractivity contribution < 1.29 is 19.4 Å². The van der Waals surface area contributed by atoms with Gasteiger partial charge in [-0.05, 0) is 30.7 Å². The van der Waals surface area contributed by atoms with Gasteiger partial charge >= 0.3 is 5.97 Å². The molecule has 0 bridgehead atoms. The minimum absolute atomic E-state index is 0.193. The first kappa shape index (κ1) is 16.0. The zero-order valence-corrected chi connectivity index (χ0v) is 13.2. The summed E-state index contributed by atoms with van der Waals surface area (Å²) in [6, 6.07) is 0. The lowest BCUT2D eigenvalue weighted by Gasteiger charge is -2.23. The maximum atomic E-state index is 12.6. The fourth-order valence-corrected chi connectivity index (χ4v) is 3.88. The molecular formula is C15H21NO4S. The number of nitrogens with zero attached hydrogens (tertiary/aromatic N) is 1. The van der Waals surface area contributed by atoms with Gasteiger partial charge < -0.3 is 14.7 Å². The number of rotatable bonds is 6. The smallest absolute Gasteiger partial charge is 0.323 e. The summed E-state index contributed by atoms with van der Waals surface area (Å²) < 4.78 is 4.96. The van der Waals surface area contributed by atoms with E-state index >= 15 is 0 Å². The molecule has 1 aromatic heterocycles. The number of carbonyl (C=O) groups excluding carboxylic acids is 1. The first-order chi connectivity index (χ1) is 10.0. The molecule has 1 aliphatic rings. The van der Waals surface area contributed by atoms with E-state index in [1.165, 1.54) is 16.9 Å². The summed E-state index contributed by atoms with van der Waals surface area (Å²) in [5.41, 5.74) is 1.80. The first-order valence-corrected chi connectivity index (χ1v) is 8.00. The fraction of sp³-hybridized carbons (Fsp3) is 0.600. The van der Waals surface area contributed by atoms with Crippen LogP contribution in [0.25, 0.3) is 0 Å². The highest BCUT2D eigenvalue weighted by Crippen LogP contribution is 2.33. The van der Waals surface area contributed by atoms with Crippen LogP contribution in [-0.4, -0.2) is 48.7 Å². The highest BCUT2D eigenvalue weighted by atomic mass is 32.1. The van der Waals surface area contributed by atoms with Gasteiger partial charge in [-0.1, -0.05) is 6.92 Å². The van der Waals surface area contributed by atoms with Crippen molar-refractivity contribution in [2.24, 2.45) is 5.92 Å². The normalized spacial score (nSPS) is 17.3. The summed E-state index contributed by atoms with van der Waals surface area (Å²) in [6.45, 7) is 2.56. The third-order valence-electron chi connectivity index (χ3n) is 3.81. The number of methoxy groups -OCH3 is 1. The van der Waals surface area contributed by atoms with Crippen molar-refractivity contribution in [1.29, 1.82) is 0 Å². The summed E-state index contributed by atoms with van der Waals surface area (Å²) >= 11 is 1.62. The van der Waals surface area contributed by atoms with Crippen LogP contribution < -0.4 is 0 Å². The predicted molar refractivity (Wildman–Crippen MR) is 80.9 cm³/mol. The van der Waals surface area contributed by atoms with Crippen molar-refractivity contribution in [3.63, 3.8) is 0 Å². The van der Waals surface area contributed by atoms with Crippen LogP contribution in [0.3, 0.4) is 0 Å². The van der Waals surface area contributed by atoms with Crippen molar-refractivity contribution >= 4 is 23.2 Å². The molecule has 2 rings (SSSR count). The van der Waals surface area contributed by atoms with Gasteiger partial charge in [0.2, 0.25) is 0 Å². The minimum atomic E-state index is -1.00. The Morgan fingerprint density at radius 3 is 2.95 bits per heavy atom. The molecule has 0 aromatic carbocycles. The van der Waals surface area contributed by atoms with E-state index in [9.17, 15) is 9.59 Å². The van der Waals surface area contributed by atoms with Crippen molar-refractivity contribution in [3.8, 4) is 0 Å². The molecule has 6 heteroatoms. The zero-order chi connectivity index (χ0) is 15.4. The van der Waals surface area contributed by atoms with Gasteiger partial charge in [-0.2, -0.15) is 0 Å². The summed E-state index contributed by atoms with van der Waals surface area (Å²) in [5, 5.41) is 10.9. The lowest BCUT2D eigenvalue weighted by molar-refractivity contribution is -0.137. The Balaban J connectivity index is 2.18. The zero-order valence-electron chi connectivity index (χ0n) is 12.4. The van der Waals surface area contributed by atoms with Crippen LogP contribution in [0.1, 0.15) is 34.1 Å². The third-order valence-corrected chi connectivity index (χ3v) is 4.86. The highest BCUT2D eigenvalue weighted by molar-refractivity contribution is 7.10. The number of carboxylic acids is 1. The van der Waals surface area contributed by atoms with E-state index in [2.05, 4.69) is 6.92 Å². The summed E-state index contributed by atoms with van der Waals surface area (Å²) in [7, 11) is 1.54. The van der Waals surface area contributed by atoms with Crippen LogP contribution >= 0.6 is 11.3 Å². The number of carboxylic acid groups (broad SMARTS) is 1. The number of hydrogen-bond acceptors (Lipinski definition) is 4. The molecule has 0 saturated carbocycles. The number of carbonyl (C=O) groups is 2. The number of hydrogen-bond donors (Lipinski definition) is 1. The number of ether oxygens (including phenoxy) is 1. The maximum absolute atomic E-state index is 12.6. The number of amides is 1. The molecule has 0 aliphatic heterocycles. The lowest BCUT2D eigenvalue weighted by Crippen LogP contribution is -2.38. The van der Waals surface area contributed by atoms with Gasteiger partial charge in [-0.25, -0.2) is 0 Å². The lowest BCUT2D eigenvalue weighted by atomic mass is 9.88. The van der Waals surface area contributed by atoms with Crippen molar-refractivity contribution in [1.82, 2.24) is 4.90 Å². The predicted octanol–water partition coefficient (Wildman–Crippen LogP) is 2.05. The largest absolute Gasteiger partial charge is 0.480 e. The quantitative estimate of drug-likeness (QED) is 0.873. The van der Waals surface area contributed by atoms with Crippen molar-refractivity contribution in [2.45, 2.75) is 26.2 Å². The molecular weight excluding hydrogens is 290 g/mol. The van der Waals surface area contributed by atoms with Crippen molar-refractivity contribution in [3.05, 3.63) is 21.4 Å². The third kappa shape index (κ3) is 3.83. The van der Waals surface area contributed by atoms with Crippen LogP contribution in [0.15, 0.2) is 5.38 Å². The van der Waals surface area contributed by atoms with Crippen molar-refractivity contribution in [2.75, 3.05) is 26.8 Å². The first-order valence-electron chi connectivity index (χ1n) is 7.12. The standard InChI is InChI=1S/C15H21NO4S/c1-10-3-4-11-12(9-21-13(11)7-10)15(19)16(5-6-20-2)8-14(17)18/h9-10H,3-8H2,1-2H3,(H,17,18). The van der Waals surface area contributed by atoms with E-state index in [1.807, 2.05) is 5.38 Å². The Bertz CT molecular complexity index is 526. The van der Waals surface area contributed by atoms with Gasteiger partial charge in [-0.3, -0.25) is 9.59 Å². The molecule has 0 fully saturated rings. The Morgan fingerprint density at radius 2 is 2.29 bits per heavy atom. The molecule has 1 N–H and O–H groups in total. The monoisotopic (exact) mass is 311 g/mol. The SMILES string of the molecule is COCCN(CC(=O)O)C(=O)c1csc2c1CCC(C)C2. The molecule has 5 nitrogen and oxygen atoms in total.